The number of nitrogens with zero attached hydrogens (tertiary/aromatic N) is 1. The van der Waals surface area contributed by atoms with E-state index in [2.05, 4.69) is 11.4 Å². The molecule has 0 radical (unpaired) electrons. The van der Waals surface area contributed by atoms with Crippen LogP contribution >= 0.6 is 0 Å². The van der Waals surface area contributed by atoms with Gasteiger partial charge in [-0.15, -0.1) is 0 Å². The Morgan fingerprint density at radius 2 is 2.12 bits per heavy atom. The highest BCUT2D eigenvalue weighted by molar-refractivity contribution is 5.78. The number of hydrogen-bond acceptors (Lipinski definition) is 4. The first-order valence-corrected chi connectivity index (χ1v) is 8.44. The van der Waals surface area contributed by atoms with Gasteiger partial charge in [0.2, 0.25) is 0 Å². The monoisotopic (exact) mass is 332 g/mol. The summed E-state index contributed by atoms with van der Waals surface area (Å²) in [4.78, 5) is 24.8. The molecule has 1 heterocycles. The molecule has 2 aliphatic rings. The molecule has 1 aliphatic carbocycles. The van der Waals surface area contributed by atoms with Gasteiger partial charge in [0.1, 0.15) is 5.75 Å². The highest BCUT2D eigenvalue weighted by Gasteiger charge is 2.36. The van der Waals surface area contributed by atoms with E-state index in [1.807, 2.05) is 19.1 Å². The molecule has 1 fully saturated rings. The van der Waals surface area contributed by atoms with Crippen molar-refractivity contribution in [3.05, 3.63) is 29.3 Å². The zero-order chi connectivity index (χ0) is 17.2. The number of amides is 1. The maximum atomic E-state index is 12.3. The second-order valence-electron chi connectivity index (χ2n) is 6.95. The average molecular weight is 332 g/mol. The van der Waals surface area contributed by atoms with Gasteiger partial charge in [-0.1, -0.05) is 6.07 Å². The minimum Gasteiger partial charge on any atom is -0.484 e. The molecule has 6 nitrogen and oxygen atoms in total. The van der Waals surface area contributed by atoms with Crippen LogP contribution in [0.4, 0.5) is 0 Å². The molecule has 6 heteroatoms. The quantitative estimate of drug-likeness (QED) is 0.819. The maximum Gasteiger partial charge on any atom is 0.317 e. The summed E-state index contributed by atoms with van der Waals surface area (Å²) in [5.74, 6) is -0.202. The van der Waals surface area contributed by atoms with Gasteiger partial charge in [-0.25, -0.2) is 0 Å². The summed E-state index contributed by atoms with van der Waals surface area (Å²) in [5.41, 5.74) is 2.36. The number of ether oxygens (including phenoxy) is 1. The lowest BCUT2D eigenvalue weighted by molar-refractivity contribution is -0.136. The van der Waals surface area contributed by atoms with Gasteiger partial charge in [-0.2, -0.15) is 0 Å². The highest BCUT2D eigenvalue weighted by atomic mass is 16.5. The predicted octanol–water partition coefficient (Wildman–Crippen LogP) is 1.22. The number of likely N-dealkylation sites (tertiary alicyclic amines) is 1. The fourth-order valence-corrected chi connectivity index (χ4v) is 3.48. The van der Waals surface area contributed by atoms with Crippen LogP contribution in [-0.4, -0.2) is 53.7 Å². The lowest BCUT2D eigenvalue weighted by Crippen LogP contribution is -2.48. The fraction of sp³-hybridized carbons (Fsp3) is 0.556. The molecule has 1 aromatic rings. The molecule has 130 valence electrons. The summed E-state index contributed by atoms with van der Waals surface area (Å²) >= 11 is 0. The summed E-state index contributed by atoms with van der Waals surface area (Å²) in [5, 5.41) is 11.8. The first-order valence-electron chi connectivity index (χ1n) is 8.44. The Hall–Kier alpha value is -2.08. The molecule has 0 saturated carbocycles. The Kier molecular flexibility index (Phi) is 4.76. The van der Waals surface area contributed by atoms with Crippen LogP contribution in [0.3, 0.4) is 0 Å². The van der Waals surface area contributed by atoms with E-state index >= 15 is 0 Å². The summed E-state index contributed by atoms with van der Waals surface area (Å²) in [6, 6.07) is 6.06. The molecular formula is C18H24N2O4. The van der Waals surface area contributed by atoms with Crippen molar-refractivity contribution in [1.29, 1.82) is 0 Å². The van der Waals surface area contributed by atoms with Gasteiger partial charge in [0.15, 0.2) is 6.61 Å². The standard InChI is InChI=1S/C18H24N2O4/c1-18(19-10-17(22)23)7-8-20(12-18)16(21)11-24-15-6-5-13-3-2-4-14(13)9-15/h5-6,9,19H,2-4,7-8,10-12H2,1H3,(H,22,23)/t18-/m0/s1. The van der Waals surface area contributed by atoms with Gasteiger partial charge in [0.05, 0.1) is 6.54 Å². The van der Waals surface area contributed by atoms with Gasteiger partial charge >= 0.3 is 5.97 Å². The molecular weight excluding hydrogens is 308 g/mol. The fourth-order valence-electron chi connectivity index (χ4n) is 3.48. The summed E-state index contributed by atoms with van der Waals surface area (Å²) < 4.78 is 5.67. The number of benzene rings is 1. The number of rotatable bonds is 6. The Balaban J connectivity index is 1.50. The number of carbonyl (C=O) groups is 2. The third kappa shape index (κ3) is 3.87. The summed E-state index contributed by atoms with van der Waals surface area (Å²) in [6.45, 7) is 3.00. The highest BCUT2D eigenvalue weighted by Crippen LogP contribution is 2.26. The summed E-state index contributed by atoms with van der Waals surface area (Å²) in [7, 11) is 0. The SMILES string of the molecule is C[C@]1(NCC(=O)O)CCN(C(=O)COc2ccc3c(c2)CCC3)C1. The molecule has 1 aliphatic heterocycles. The molecule has 1 atom stereocenters. The van der Waals surface area contributed by atoms with Crippen molar-refractivity contribution in [3.8, 4) is 5.75 Å². The number of hydrogen-bond donors (Lipinski definition) is 2. The number of carboxylic acid groups (broad SMARTS) is 1. The van der Waals surface area contributed by atoms with Crippen LogP contribution in [0.2, 0.25) is 0 Å². The van der Waals surface area contributed by atoms with E-state index in [0.29, 0.717) is 13.1 Å². The number of fused-ring (bicyclic) bond motifs is 1. The van der Waals surface area contributed by atoms with E-state index in [0.717, 1.165) is 25.0 Å². The van der Waals surface area contributed by atoms with Crippen LogP contribution in [0.25, 0.3) is 0 Å². The van der Waals surface area contributed by atoms with Crippen LogP contribution in [0.5, 0.6) is 5.75 Å². The van der Waals surface area contributed by atoms with Crippen LogP contribution in [0.15, 0.2) is 18.2 Å². The lowest BCUT2D eigenvalue weighted by atomic mass is 10.0. The van der Waals surface area contributed by atoms with E-state index in [1.165, 1.54) is 17.5 Å². The molecule has 1 amide bonds. The van der Waals surface area contributed by atoms with Crippen molar-refractivity contribution in [3.63, 3.8) is 0 Å². The normalized spacial score (nSPS) is 22.5. The third-order valence-corrected chi connectivity index (χ3v) is 4.92. The number of carboxylic acids is 1. The average Bonchev–Trinajstić information content (AvgIpc) is 3.17. The topological polar surface area (TPSA) is 78.9 Å². The first-order chi connectivity index (χ1) is 11.5. The molecule has 3 rings (SSSR count). The smallest absolute Gasteiger partial charge is 0.317 e. The van der Waals surface area contributed by atoms with E-state index in [1.54, 1.807) is 4.90 Å². The molecule has 1 saturated heterocycles. The Morgan fingerprint density at radius 1 is 1.33 bits per heavy atom. The molecule has 24 heavy (non-hydrogen) atoms. The minimum absolute atomic E-state index is 0.0216. The van der Waals surface area contributed by atoms with Gasteiger partial charge in [0.25, 0.3) is 5.91 Å². The first kappa shape index (κ1) is 16.8. The lowest BCUT2D eigenvalue weighted by Gasteiger charge is -2.25. The Bertz CT molecular complexity index is 646. The minimum atomic E-state index is -0.888. The maximum absolute atomic E-state index is 12.3. The van der Waals surface area contributed by atoms with Gasteiger partial charge < -0.3 is 14.7 Å². The van der Waals surface area contributed by atoms with Crippen LogP contribution < -0.4 is 10.1 Å². The number of nitrogens with one attached hydrogen (secondary N) is 1. The molecule has 1 aromatic carbocycles. The molecule has 0 spiro atoms. The largest absolute Gasteiger partial charge is 0.484 e. The molecule has 0 unspecified atom stereocenters. The predicted molar refractivity (Wildman–Crippen MR) is 89.2 cm³/mol. The van der Waals surface area contributed by atoms with Crippen molar-refractivity contribution >= 4 is 11.9 Å². The van der Waals surface area contributed by atoms with Gasteiger partial charge in [-0.05, 0) is 55.9 Å². The second-order valence-corrected chi connectivity index (χ2v) is 6.95. The van der Waals surface area contributed by atoms with E-state index in [-0.39, 0.29) is 24.6 Å². The Labute approximate surface area is 141 Å². The molecule has 2 N–H and O–H groups in total. The number of aliphatic carboxylic acids is 1. The molecule has 0 bridgehead atoms. The van der Waals surface area contributed by atoms with Crippen molar-refractivity contribution < 1.29 is 19.4 Å². The number of carbonyl (C=O) groups excluding carboxylic acids is 1. The second kappa shape index (κ2) is 6.81. The zero-order valence-electron chi connectivity index (χ0n) is 14.0. The van der Waals surface area contributed by atoms with Crippen molar-refractivity contribution in [2.45, 2.75) is 38.1 Å². The molecule has 0 aromatic heterocycles. The van der Waals surface area contributed by atoms with Crippen molar-refractivity contribution in [1.82, 2.24) is 10.2 Å². The van der Waals surface area contributed by atoms with Gasteiger partial charge in [-0.3, -0.25) is 14.9 Å². The zero-order valence-corrected chi connectivity index (χ0v) is 14.0. The van der Waals surface area contributed by atoms with Crippen molar-refractivity contribution in [2.24, 2.45) is 0 Å². The van der Waals surface area contributed by atoms with E-state index in [9.17, 15) is 9.59 Å². The number of aryl methyl sites for hydroxylation is 2. The van der Waals surface area contributed by atoms with Gasteiger partial charge in [0, 0.05) is 18.6 Å². The van der Waals surface area contributed by atoms with E-state index in [4.69, 9.17) is 9.84 Å². The Morgan fingerprint density at radius 3 is 2.92 bits per heavy atom. The van der Waals surface area contributed by atoms with E-state index < -0.39 is 5.97 Å². The van der Waals surface area contributed by atoms with Crippen LogP contribution in [0.1, 0.15) is 30.9 Å². The third-order valence-electron chi connectivity index (χ3n) is 4.92. The summed E-state index contributed by atoms with van der Waals surface area (Å²) in [6.07, 6.45) is 4.14. The van der Waals surface area contributed by atoms with Crippen LogP contribution in [0, 0.1) is 0 Å². The van der Waals surface area contributed by atoms with Crippen LogP contribution in [-0.2, 0) is 22.4 Å². The van der Waals surface area contributed by atoms with Crippen molar-refractivity contribution in [2.75, 3.05) is 26.2 Å².